The van der Waals surface area contributed by atoms with Crippen LogP contribution in [-0.2, 0) is 29.3 Å². The molecule has 0 aliphatic heterocycles. The molecule has 12 heteroatoms. The van der Waals surface area contributed by atoms with E-state index in [1.165, 1.54) is 13.8 Å². The summed E-state index contributed by atoms with van der Waals surface area (Å²) in [6.45, 7) is 7.55. The fourth-order valence-corrected chi connectivity index (χ4v) is 2.12. The van der Waals surface area contributed by atoms with Crippen LogP contribution in [0.3, 0.4) is 0 Å². The fraction of sp³-hybridized carbons (Fsp3) is 0.750. The van der Waals surface area contributed by atoms with Crippen molar-refractivity contribution in [1.82, 2.24) is 20.3 Å². The number of hydrazine groups is 1. The van der Waals surface area contributed by atoms with Gasteiger partial charge in [-0.15, -0.1) is 4.83 Å². The van der Waals surface area contributed by atoms with Gasteiger partial charge in [-0.05, 0) is 34.6 Å². The number of esters is 1. The van der Waals surface area contributed by atoms with Gasteiger partial charge in [0.1, 0.15) is 17.7 Å². The van der Waals surface area contributed by atoms with E-state index in [2.05, 4.69) is 10.1 Å². The Kier molecular flexibility index (Phi) is 8.10. The van der Waals surface area contributed by atoms with E-state index in [-0.39, 0.29) is 0 Å². The first kappa shape index (κ1) is 22.1. The molecule has 0 spiro atoms. The van der Waals surface area contributed by atoms with Crippen LogP contribution < -0.4 is 20.3 Å². The predicted octanol–water partition coefficient (Wildman–Crippen LogP) is -1.08. The zero-order valence-corrected chi connectivity index (χ0v) is 15.2. The van der Waals surface area contributed by atoms with E-state index in [0.29, 0.717) is 0 Å². The summed E-state index contributed by atoms with van der Waals surface area (Å²) >= 11 is 0. The largest absolute Gasteiger partial charge is 0.468 e. The molecule has 0 aromatic heterocycles. The average Bonchev–Trinajstić information content (AvgIpc) is 2.40. The van der Waals surface area contributed by atoms with Crippen LogP contribution in [-0.4, -0.2) is 51.2 Å². The number of amides is 2. The second-order valence-corrected chi connectivity index (χ2v) is 7.27. The molecule has 0 radical (unpaired) electrons. The smallest absolute Gasteiger partial charge is 0.408 e. The van der Waals surface area contributed by atoms with E-state index in [0.717, 1.165) is 7.11 Å². The van der Waals surface area contributed by atoms with E-state index >= 15 is 0 Å². The first-order chi connectivity index (χ1) is 10.8. The van der Waals surface area contributed by atoms with E-state index in [4.69, 9.17) is 4.74 Å². The number of carbonyl (C=O) groups excluding carboxylic acids is 3. The van der Waals surface area contributed by atoms with Gasteiger partial charge in [-0.2, -0.15) is 13.1 Å². The first-order valence-corrected chi connectivity index (χ1v) is 8.42. The number of nitrogens with one attached hydrogen (secondary N) is 4. The van der Waals surface area contributed by atoms with Crippen molar-refractivity contribution in [3.8, 4) is 0 Å². The van der Waals surface area contributed by atoms with E-state index < -0.39 is 45.9 Å². The van der Waals surface area contributed by atoms with Crippen molar-refractivity contribution in [2.45, 2.75) is 52.3 Å². The van der Waals surface area contributed by atoms with Gasteiger partial charge in [0.05, 0.1) is 7.11 Å². The van der Waals surface area contributed by atoms with E-state index in [1.54, 1.807) is 25.6 Å². The Labute approximate surface area is 141 Å². The average molecular weight is 368 g/mol. The molecule has 0 heterocycles. The van der Waals surface area contributed by atoms with Gasteiger partial charge in [0.15, 0.2) is 0 Å². The van der Waals surface area contributed by atoms with Crippen molar-refractivity contribution >= 4 is 28.2 Å². The van der Waals surface area contributed by atoms with Gasteiger partial charge in [-0.1, -0.05) is 0 Å². The monoisotopic (exact) mass is 368 g/mol. The van der Waals surface area contributed by atoms with Crippen LogP contribution in [0, 0.1) is 0 Å². The molecule has 0 aliphatic carbocycles. The quantitative estimate of drug-likeness (QED) is 0.329. The summed E-state index contributed by atoms with van der Waals surface area (Å²) in [6.07, 6.45) is -0.828. The summed E-state index contributed by atoms with van der Waals surface area (Å²) in [5.74, 6) is -1.64. The summed E-state index contributed by atoms with van der Waals surface area (Å²) in [7, 11) is -3.09. The Bertz CT molecular complexity index is 570. The van der Waals surface area contributed by atoms with Crippen LogP contribution in [0.5, 0.6) is 0 Å². The predicted molar refractivity (Wildman–Crippen MR) is 83.6 cm³/mol. The Hall–Kier alpha value is -1.92. The molecule has 0 saturated heterocycles. The minimum absolute atomic E-state index is 0.740. The molecule has 0 fully saturated rings. The van der Waals surface area contributed by atoms with Crippen molar-refractivity contribution < 1.29 is 32.3 Å². The lowest BCUT2D eigenvalue weighted by Crippen LogP contribution is -2.55. The fourth-order valence-electron chi connectivity index (χ4n) is 1.26. The molecular weight excluding hydrogens is 344 g/mol. The Balaban J connectivity index is 4.46. The minimum Gasteiger partial charge on any atom is -0.468 e. The summed E-state index contributed by atoms with van der Waals surface area (Å²) in [5, 5.41) is 2.24. The van der Waals surface area contributed by atoms with Crippen LogP contribution in [0.15, 0.2) is 0 Å². The van der Waals surface area contributed by atoms with Crippen molar-refractivity contribution in [3.05, 3.63) is 0 Å². The number of methoxy groups -OCH3 is 1. The molecular formula is C12H24N4O7S. The normalized spacial score (nSPS) is 14.2. The van der Waals surface area contributed by atoms with Crippen molar-refractivity contribution in [2.75, 3.05) is 7.11 Å². The van der Waals surface area contributed by atoms with Gasteiger partial charge < -0.3 is 14.8 Å². The van der Waals surface area contributed by atoms with Crippen molar-refractivity contribution in [3.63, 3.8) is 0 Å². The van der Waals surface area contributed by atoms with Gasteiger partial charge in [-0.25, -0.2) is 4.79 Å². The molecule has 0 aliphatic rings. The summed E-state index contributed by atoms with van der Waals surface area (Å²) in [5.41, 5.74) is 1.15. The minimum atomic E-state index is -4.20. The van der Waals surface area contributed by atoms with Gasteiger partial charge in [0, 0.05) is 0 Å². The van der Waals surface area contributed by atoms with Crippen LogP contribution in [0.1, 0.15) is 34.6 Å². The molecule has 2 atom stereocenters. The molecule has 0 bridgehead atoms. The molecule has 0 aromatic carbocycles. The molecule has 0 unspecified atom stereocenters. The molecule has 0 aromatic rings. The number of ether oxygens (including phenoxy) is 2. The highest BCUT2D eigenvalue weighted by atomic mass is 32.2. The van der Waals surface area contributed by atoms with Gasteiger partial charge in [-0.3, -0.25) is 15.0 Å². The summed E-state index contributed by atoms with van der Waals surface area (Å²) in [6, 6.07) is -2.22. The van der Waals surface area contributed by atoms with E-state index in [1.807, 2.05) is 10.1 Å². The van der Waals surface area contributed by atoms with Gasteiger partial charge >= 0.3 is 12.1 Å². The molecule has 4 N–H and O–H groups in total. The molecule has 2 amide bonds. The second-order valence-electron chi connectivity index (χ2n) is 5.83. The number of carbonyl (C=O) groups is 3. The van der Waals surface area contributed by atoms with Crippen LogP contribution >= 0.6 is 0 Å². The zero-order chi connectivity index (χ0) is 19.1. The van der Waals surface area contributed by atoms with Crippen LogP contribution in [0.25, 0.3) is 0 Å². The summed E-state index contributed by atoms with van der Waals surface area (Å²) in [4.78, 5) is 36.1. The Morgan fingerprint density at radius 1 is 1.04 bits per heavy atom. The topological polar surface area (TPSA) is 152 Å². The summed E-state index contributed by atoms with van der Waals surface area (Å²) < 4.78 is 34.5. The zero-order valence-electron chi connectivity index (χ0n) is 14.4. The number of hydrogen-bond acceptors (Lipinski definition) is 7. The van der Waals surface area contributed by atoms with Gasteiger partial charge in [0.25, 0.3) is 16.1 Å². The highest BCUT2D eigenvalue weighted by molar-refractivity contribution is 7.87. The number of hydrogen-bond donors (Lipinski definition) is 4. The molecule has 0 rings (SSSR count). The van der Waals surface area contributed by atoms with Crippen LogP contribution in [0.4, 0.5) is 4.79 Å². The standard InChI is InChI=1S/C12H24N4O7S/c1-7(13-11(19)23-12(3,4)5)9(17)14-16-24(20,21)15-8(2)10(18)22-6/h7-8,15-16H,1-6H3,(H,13,19)(H,14,17)/t7-,8-/m0/s1. The third kappa shape index (κ3) is 9.27. The SMILES string of the molecule is COC(=O)[C@H](C)NS(=O)(=O)NNC(=O)[C@H](C)NC(=O)OC(C)(C)C. The maximum atomic E-state index is 11.7. The molecule has 0 saturated carbocycles. The Morgan fingerprint density at radius 3 is 2.04 bits per heavy atom. The maximum absolute atomic E-state index is 11.7. The van der Waals surface area contributed by atoms with Crippen LogP contribution in [0.2, 0.25) is 0 Å². The first-order valence-electron chi connectivity index (χ1n) is 6.93. The lowest BCUT2D eigenvalue weighted by molar-refractivity contribution is -0.142. The number of alkyl carbamates (subject to hydrolysis) is 1. The third-order valence-electron chi connectivity index (χ3n) is 2.32. The third-order valence-corrected chi connectivity index (χ3v) is 3.36. The molecule has 24 heavy (non-hydrogen) atoms. The van der Waals surface area contributed by atoms with Gasteiger partial charge in [0.2, 0.25) is 0 Å². The highest BCUT2D eigenvalue weighted by Gasteiger charge is 2.24. The van der Waals surface area contributed by atoms with Crippen molar-refractivity contribution in [1.29, 1.82) is 0 Å². The highest BCUT2D eigenvalue weighted by Crippen LogP contribution is 2.06. The lowest BCUT2D eigenvalue weighted by Gasteiger charge is -2.21. The maximum Gasteiger partial charge on any atom is 0.408 e. The molecule has 140 valence electrons. The van der Waals surface area contributed by atoms with E-state index in [9.17, 15) is 22.8 Å². The lowest BCUT2D eigenvalue weighted by atomic mass is 10.2. The van der Waals surface area contributed by atoms with Crippen molar-refractivity contribution in [2.24, 2.45) is 0 Å². The molecule has 11 nitrogen and oxygen atoms in total. The second kappa shape index (κ2) is 8.80. The Morgan fingerprint density at radius 2 is 1.58 bits per heavy atom. The number of rotatable bonds is 7.